The normalized spacial score (nSPS) is 21.2. The quantitative estimate of drug-likeness (QED) is 0.756. The number of hydrogen-bond acceptors (Lipinski definition) is 3. The topological polar surface area (TPSA) is 33.2 Å². The fourth-order valence-electron chi connectivity index (χ4n) is 3.73. The van der Waals surface area contributed by atoms with Crippen molar-refractivity contribution in [2.45, 2.75) is 64.1 Å². The van der Waals surface area contributed by atoms with Gasteiger partial charge in [-0.3, -0.25) is 4.79 Å². The molecule has 2 heterocycles. The van der Waals surface area contributed by atoms with E-state index in [1.807, 2.05) is 0 Å². The molecule has 0 radical (unpaired) electrons. The minimum atomic E-state index is 0.240. The van der Waals surface area contributed by atoms with Crippen LogP contribution in [0, 0.1) is 13.8 Å². The van der Waals surface area contributed by atoms with Crippen LogP contribution in [0.15, 0.2) is 29.3 Å². The molecule has 3 nitrogen and oxygen atoms in total. The summed E-state index contributed by atoms with van der Waals surface area (Å²) in [6.45, 7) is 8.54. The molecule has 2 aromatic rings. The van der Waals surface area contributed by atoms with Gasteiger partial charge in [-0.25, -0.2) is 4.98 Å². The van der Waals surface area contributed by atoms with E-state index in [9.17, 15) is 4.79 Å². The van der Waals surface area contributed by atoms with Crippen LogP contribution < -0.4 is 0 Å². The van der Waals surface area contributed by atoms with Crippen LogP contribution in [-0.2, 0) is 4.79 Å². The van der Waals surface area contributed by atoms with Gasteiger partial charge in [-0.1, -0.05) is 30.0 Å². The van der Waals surface area contributed by atoms with Crippen LogP contribution in [0.3, 0.4) is 0 Å². The molecule has 0 unspecified atom stereocenters. The fraction of sp³-hybridized carbons (Fsp3) is 0.500. The number of likely N-dealkylation sites (tertiary alicyclic amines) is 1. The molecular formula is C20H26N2OS. The highest BCUT2D eigenvalue weighted by Crippen LogP contribution is 2.28. The largest absolute Gasteiger partial charge is 0.337 e. The van der Waals surface area contributed by atoms with Crippen LogP contribution in [-0.4, -0.2) is 33.6 Å². The standard InChI is InChI=1S/C20H26N2OS/c1-13-7-5-10-17-14(2)11-18(21-20(13)17)24-12-19(23)22-15(3)8-6-9-16(22)4/h5,7,10-11,15-16H,6,8-9,12H2,1-4H3/t15-,16-/m0/s1. The Morgan fingerprint density at radius 3 is 2.62 bits per heavy atom. The lowest BCUT2D eigenvalue weighted by atomic mass is 9.98. The van der Waals surface area contributed by atoms with Crippen molar-refractivity contribution in [1.82, 2.24) is 9.88 Å². The Bertz CT molecular complexity index is 749. The average molecular weight is 343 g/mol. The average Bonchev–Trinajstić information content (AvgIpc) is 2.54. The van der Waals surface area contributed by atoms with E-state index in [-0.39, 0.29) is 5.91 Å². The number of aryl methyl sites for hydroxylation is 2. The molecule has 4 heteroatoms. The molecular weight excluding hydrogens is 316 g/mol. The summed E-state index contributed by atoms with van der Waals surface area (Å²) in [5.74, 6) is 0.711. The summed E-state index contributed by atoms with van der Waals surface area (Å²) in [5, 5.41) is 2.14. The zero-order valence-corrected chi connectivity index (χ0v) is 15.8. The highest BCUT2D eigenvalue weighted by Gasteiger charge is 2.28. The van der Waals surface area contributed by atoms with Gasteiger partial charge < -0.3 is 4.90 Å². The number of carbonyl (C=O) groups excluding carboxylic acids is 1. The summed E-state index contributed by atoms with van der Waals surface area (Å²) >= 11 is 1.56. The third kappa shape index (κ3) is 3.44. The number of thioether (sulfide) groups is 1. The minimum absolute atomic E-state index is 0.240. The lowest BCUT2D eigenvalue weighted by Gasteiger charge is -2.39. The van der Waals surface area contributed by atoms with E-state index >= 15 is 0 Å². The number of aromatic nitrogens is 1. The maximum Gasteiger partial charge on any atom is 0.233 e. The molecule has 0 spiro atoms. The Hall–Kier alpha value is -1.55. The number of hydrogen-bond donors (Lipinski definition) is 0. The number of piperidine rings is 1. The number of amides is 1. The summed E-state index contributed by atoms with van der Waals surface area (Å²) in [6.07, 6.45) is 3.46. The van der Waals surface area contributed by atoms with E-state index < -0.39 is 0 Å². The second kappa shape index (κ2) is 7.14. The van der Waals surface area contributed by atoms with Crippen LogP contribution >= 0.6 is 11.8 Å². The van der Waals surface area contributed by atoms with E-state index in [0.717, 1.165) is 23.4 Å². The molecule has 0 saturated carbocycles. The van der Waals surface area contributed by atoms with Gasteiger partial charge in [0, 0.05) is 17.5 Å². The highest BCUT2D eigenvalue weighted by atomic mass is 32.2. The molecule has 1 saturated heterocycles. The lowest BCUT2D eigenvalue weighted by Crippen LogP contribution is -2.48. The molecule has 2 atom stereocenters. The first-order valence-corrected chi connectivity index (χ1v) is 9.77. The number of rotatable bonds is 3. The minimum Gasteiger partial charge on any atom is -0.337 e. The molecule has 1 aromatic carbocycles. The van der Waals surface area contributed by atoms with Crippen LogP contribution in [0.2, 0.25) is 0 Å². The zero-order valence-electron chi connectivity index (χ0n) is 15.0. The van der Waals surface area contributed by atoms with Gasteiger partial charge in [-0.05, 0) is 64.2 Å². The Kier molecular flexibility index (Phi) is 5.14. The first-order valence-electron chi connectivity index (χ1n) is 8.78. The molecule has 1 aliphatic heterocycles. The zero-order chi connectivity index (χ0) is 17.3. The third-order valence-corrected chi connectivity index (χ3v) is 5.95. The molecule has 1 amide bonds. The Labute approximate surface area is 148 Å². The van der Waals surface area contributed by atoms with E-state index in [4.69, 9.17) is 4.98 Å². The van der Waals surface area contributed by atoms with E-state index in [2.05, 4.69) is 56.9 Å². The molecule has 1 fully saturated rings. The molecule has 1 aromatic heterocycles. The van der Waals surface area contributed by atoms with Gasteiger partial charge in [0.25, 0.3) is 0 Å². The molecule has 3 rings (SSSR count). The van der Waals surface area contributed by atoms with Gasteiger partial charge in [0.1, 0.15) is 0 Å². The summed E-state index contributed by atoms with van der Waals surface area (Å²) in [7, 11) is 0. The lowest BCUT2D eigenvalue weighted by molar-refractivity contribution is -0.134. The van der Waals surface area contributed by atoms with Crippen LogP contribution in [0.5, 0.6) is 0 Å². The van der Waals surface area contributed by atoms with Crippen molar-refractivity contribution in [1.29, 1.82) is 0 Å². The van der Waals surface area contributed by atoms with Crippen LogP contribution in [0.1, 0.15) is 44.2 Å². The third-order valence-electron chi connectivity index (χ3n) is 5.05. The highest BCUT2D eigenvalue weighted by molar-refractivity contribution is 7.99. The number of fused-ring (bicyclic) bond motifs is 1. The van der Waals surface area contributed by atoms with E-state index in [0.29, 0.717) is 17.8 Å². The molecule has 0 bridgehead atoms. The molecule has 24 heavy (non-hydrogen) atoms. The number of benzene rings is 1. The Balaban J connectivity index is 1.76. The van der Waals surface area contributed by atoms with Crippen molar-refractivity contribution in [2.24, 2.45) is 0 Å². The van der Waals surface area contributed by atoms with E-state index in [1.54, 1.807) is 11.8 Å². The monoisotopic (exact) mass is 342 g/mol. The van der Waals surface area contributed by atoms with Crippen molar-refractivity contribution >= 4 is 28.6 Å². The molecule has 0 N–H and O–H groups in total. The number of pyridine rings is 1. The predicted octanol–water partition coefficient (Wildman–Crippen LogP) is 4.73. The summed E-state index contributed by atoms with van der Waals surface area (Å²) in [4.78, 5) is 19.5. The Morgan fingerprint density at radius 2 is 1.92 bits per heavy atom. The summed E-state index contributed by atoms with van der Waals surface area (Å²) in [6, 6.07) is 9.09. The molecule has 0 aliphatic carbocycles. The summed E-state index contributed by atoms with van der Waals surface area (Å²) in [5.41, 5.74) is 3.45. The number of nitrogens with zero attached hydrogens (tertiary/aromatic N) is 2. The fourth-order valence-corrected chi connectivity index (χ4v) is 4.56. The summed E-state index contributed by atoms with van der Waals surface area (Å²) < 4.78 is 0. The van der Waals surface area contributed by atoms with Gasteiger partial charge in [0.15, 0.2) is 0 Å². The first kappa shape index (κ1) is 17.3. The van der Waals surface area contributed by atoms with Crippen molar-refractivity contribution in [3.63, 3.8) is 0 Å². The molecule has 128 valence electrons. The van der Waals surface area contributed by atoms with Gasteiger partial charge in [0.2, 0.25) is 5.91 Å². The predicted molar refractivity (Wildman–Crippen MR) is 102 cm³/mol. The van der Waals surface area contributed by atoms with Gasteiger partial charge >= 0.3 is 0 Å². The van der Waals surface area contributed by atoms with Crippen LogP contribution in [0.25, 0.3) is 10.9 Å². The van der Waals surface area contributed by atoms with E-state index in [1.165, 1.54) is 22.9 Å². The van der Waals surface area contributed by atoms with Gasteiger partial charge in [0.05, 0.1) is 16.3 Å². The molecule has 1 aliphatic rings. The number of para-hydroxylation sites is 1. The number of carbonyl (C=O) groups is 1. The van der Waals surface area contributed by atoms with Crippen LogP contribution in [0.4, 0.5) is 0 Å². The van der Waals surface area contributed by atoms with Gasteiger partial charge in [-0.2, -0.15) is 0 Å². The second-order valence-electron chi connectivity index (χ2n) is 6.97. The van der Waals surface area contributed by atoms with Crippen molar-refractivity contribution < 1.29 is 4.79 Å². The maximum absolute atomic E-state index is 12.7. The van der Waals surface area contributed by atoms with Crippen molar-refractivity contribution in [3.05, 3.63) is 35.4 Å². The smallest absolute Gasteiger partial charge is 0.233 e. The maximum atomic E-state index is 12.7. The first-order chi connectivity index (χ1) is 11.5. The Morgan fingerprint density at radius 1 is 1.21 bits per heavy atom. The second-order valence-corrected chi connectivity index (χ2v) is 7.96. The van der Waals surface area contributed by atoms with Crippen molar-refractivity contribution in [2.75, 3.05) is 5.75 Å². The van der Waals surface area contributed by atoms with Gasteiger partial charge in [-0.15, -0.1) is 0 Å². The van der Waals surface area contributed by atoms with Crippen molar-refractivity contribution in [3.8, 4) is 0 Å². The SMILES string of the molecule is Cc1cc(SCC(=O)N2[C@@H](C)CCC[C@@H]2C)nc2c(C)cccc12.